The summed E-state index contributed by atoms with van der Waals surface area (Å²) in [6, 6.07) is 3.85. The van der Waals surface area contributed by atoms with E-state index < -0.39 is 29.6 Å². The number of aliphatic hydroxyl groups excluding tert-OH is 3. The molecule has 0 radical (unpaired) electrons. The average Bonchev–Trinajstić information content (AvgIpc) is 3.40. The van der Waals surface area contributed by atoms with E-state index in [9.17, 15) is 24.1 Å². The van der Waals surface area contributed by atoms with Gasteiger partial charge in [-0.25, -0.2) is 18.7 Å². The minimum atomic E-state index is -1.44. The van der Waals surface area contributed by atoms with Crippen molar-refractivity contribution >= 4 is 28.7 Å². The number of ether oxygens (including phenoxy) is 1. The quantitative estimate of drug-likeness (QED) is 0.231. The Morgan fingerprint density at radius 2 is 2.08 bits per heavy atom. The van der Waals surface area contributed by atoms with Gasteiger partial charge in [-0.1, -0.05) is 30.0 Å². The Labute approximate surface area is 210 Å². The number of halogens is 2. The molecule has 5 rings (SSSR count). The molecular formula is C23H28F2N6O4S. The first-order chi connectivity index (χ1) is 17.4. The Balaban J connectivity index is 1.50. The number of aliphatic hydroxyl groups is 3. The molecule has 194 valence electrons. The third-order valence-electron chi connectivity index (χ3n) is 6.63. The summed E-state index contributed by atoms with van der Waals surface area (Å²) in [5, 5.41) is 42.8. The van der Waals surface area contributed by atoms with E-state index in [0.29, 0.717) is 34.1 Å². The van der Waals surface area contributed by atoms with E-state index >= 15 is 0 Å². The van der Waals surface area contributed by atoms with Crippen molar-refractivity contribution in [3.63, 3.8) is 0 Å². The maximum absolute atomic E-state index is 13.7. The first-order valence-corrected chi connectivity index (χ1v) is 13.0. The first-order valence-electron chi connectivity index (χ1n) is 12.0. The van der Waals surface area contributed by atoms with Gasteiger partial charge >= 0.3 is 0 Å². The molecule has 10 nitrogen and oxygen atoms in total. The van der Waals surface area contributed by atoms with Crippen LogP contribution in [0.3, 0.4) is 0 Å². The molecule has 2 fully saturated rings. The summed E-state index contributed by atoms with van der Waals surface area (Å²) in [5.74, 6) is -0.564. The van der Waals surface area contributed by atoms with Crippen LogP contribution in [0.1, 0.15) is 44.1 Å². The fourth-order valence-corrected chi connectivity index (χ4v) is 5.38. The van der Waals surface area contributed by atoms with Crippen LogP contribution < -0.4 is 5.32 Å². The van der Waals surface area contributed by atoms with E-state index in [-0.39, 0.29) is 38.0 Å². The number of aromatic nitrogens is 5. The lowest BCUT2D eigenvalue weighted by molar-refractivity contribution is -0.187. The lowest BCUT2D eigenvalue weighted by Crippen LogP contribution is -2.48. The Morgan fingerprint density at radius 3 is 2.78 bits per heavy atom. The molecule has 2 aromatic heterocycles. The van der Waals surface area contributed by atoms with Crippen molar-refractivity contribution in [3.05, 3.63) is 35.4 Å². The molecule has 2 heterocycles. The molecule has 1 aromatic carbocycles. The Morgan fingerprint density at radius 1 is 1.25 bits per heavy atom. The van der Waals surface area contributed by atoms with Gasteiger partial charge in [-0.2, -0.15) is 4.68 Å². The van der Waals surface area contributed by atoms with Gasteiger partial charge in [-0.3, -0.25) is 0 Å². The van der Waals surface area contributed by atoms with Crippen molar-refractivity contribution in [1.82, 2.24) is 25.0 Å². The molecule has 2 aliphatic rings. The second-order valence-corrected chi connectivity index (χ2v) is 10.2. The number of rotatable bonds is 10. The van der Waals surface area contributed by atoms with Gasteiger partial charge in [0.15, 0.2) is 39.5 Å². The van der Waals surface area contributed by atoms with Gasteiger partial charge in [0.05, 0.1) is 19.3 Å². The lowest BCUT2D eigenvalue weighted by atomic mass is 10.1. The van der Waals surface area contributed by atoms with Crippen LogP contribution in [0.5, 0.6) is 0 Å². The van der Waals surface area contributed by atoms with Crippen LogP contribution in [0.25, 0.3) is 11.2 Å². The number of hydrogen-bond acceptors (Lipinski definition) is 10. The fraction of sp³-hybridized carbons (Fsp3) is 0.565. The molecule has 3 aromatic rings. The second-order valence-electron chi connectivity index (χ2n) is 9.11. The summed E-state index contributed by atoms with van der Waals surface area (Å²) in [6.07, 6.45) is -0.191. The van der Waals surface area contributed by atoms with Crippen LogP contribution in [0, 0.1) is 11.6 Å². The number of thioether (sulfide) groups is 1. The number of benzene rings is 1. The molecule has 0 bridgehead atoms. The predicted octanol–water partition coefficient (Wildman–Crippen LogP) is 2.15. The van der Waals surface area contributed by atoms with Gasteiger partial charge in [0.1, 0.15) is 6.10 Å². The zero-order chi connectivity index (χ0) is 25.4. The third kappa shape index (κ3) is 4.54. The highest BCUT2D eigenvalue weighted by Gasteiger charge is 2.52. The van der Waals surface area contributed by atoms with Gasteiger partial charge in [0, 0.05) is 24.1 Å². The van der Waals surface area contributed by atoms with Gasteiger partial charge < -0.3 is 25.4 Å². The highest BCUT2D eigenvalue weighted by Crippen LogP contribution is 2.44. The van der Waals surface area contributed by atoms with Crippen LogP contribution in [-0.2, 0) is 10.5 Å². The van der Waals surface area contributed by atoms with Crippen molar-refractivity contribution in [2.75, 3.05) is 24.3 Å². The zero-order valence-corrected chi connectivity index (χ0v) is 20.5. The van der Waals surface area contributed by atoms with Gasteiger partial charge in [-0.15, -0.1) is 5.10 Å². The van der Waals surface area contributed by atoms with E-state index in [0.717, 1.165) is 18.2 Å². The minimum absolute atomic E-state index is 0.0158. The normalized spacial score (nSPS) is 27.6. The molecule has 0 spiro atoms. The highest BCUT2D eigenvalue weighted by atomic mass is 32.2. The largest absolute Gasteiger partial charge is 0.394 e. The molecule has 13 heteroatoms. The summed E-state index contributed by atoms with van der Waals surface area (Å²) in [5.41, 5.74) is -0.0712. The smallest absolute Gasteiger partial charge is 0.193 e. The molecule has 4 N–H and O–H groups in total. The molecule has 0 aliphatic heterocycles. The number of anilines is 1. The van der Waals surface area contributed by atoms with E-state index in [1.165, 1.54) is 22.5 Å². The van der Waals surface area contributed by atoms with Crippen LogP contribution in [-0.4, -0.2) is 77.5 Å². The second kappa shape index (κ2) is 10.1. The minimum Gasteiger partial charge on any atom is -0.394 e. The van der Waals surface area contributed by atoms with Gasteiger partial charge in [0.2, 0.25) is 0 Å². The molecule has 36 heavy (non-hydrogen) atoms. The molecule has 5 atom stereocenters. The third-order valence-corrected chi connectivity index (χ3v) is 7.68. The number of nitrogens with zero attached hydrogens (tertiary/aromatic N) is 5. The zero-order valence-electron chi connectivity index (χ0n) is 19.6. The molecule has 0 amide bonds. The van der Waals surface area contributed by atoms with Gasteiger partial charge in [0.25, 0.3) is 0 Å². The van der Waals surface area contributed by atoms with Crippen LogP contribution in [0.4, 0.5) is 14.6 Å². The lowest BCUT2D eigenvalue weighted by Gasteiger charge is -2.33. The SMILES string of the molecule is CCCSc1nc(NC2CC2c2ccc(F)c(F)c2)c2nnn(C3(OCCO)CCC(O)C3O)c2n1. The Kier molecular flexibility index (Phi) is 7.10. The molecular weight excluding hydrogens is 494 g/mol. The fourth-order valence-electron chi connectivity index (χ4n) is 4.68. The van der Waals surface area contributed by atoms with E-state index in [1.54, 1.807) is 6.07 Å². The van der Waals surface area contributed by atoms with Gasteiger partial charge in [-0.05, 0) is 37.0 Å². The summed E-state index contributed by atoms with van der Waals surface area (Å²) in [4.78, 5) is 9.28. The summed E-state index contributed by atoms with van der Waals surface area (Å²) >= 11 is 1.46. The van der Waals surface area contributed by atoms with Crippen LogP contribution in [0.2, 0.25) is 0 Å². The summed E-state index contributed by atoms with van der Waals surface area (Å²) < 4.78 is 34.3. The van der Waals surface area contributed by atoms with Crippen molar-refractivity contribution in [2.24, 2.45) is 0 Å². The summed E-state index contributed by atoms with van der Waals surface area (Å²) in [7, 11) is 0. The maximum Gasteiger partial charge on any atom is 0.193 e. The number of fused-ring (bicyclic) bond motifs is 1. The molecule has 2 saturated carbocycles. The van der Waals surface area contributed by atoms with Crippen molar-refractivity contribution in [1.29, 1.82) is 0 Å². The number of hydrogen-bond donors (Lipinski definition) is 4. The molecule has 2 aliphatic carbocycles. The average molecular weight is 523 g/mol. The van der Waals surface area contributed by atoms with Crippen molar-refractivity contribution in [2.45, 2.75) is 67.7 Å². The van der Waals surface area contributed by atoms with Crippen LogP contribution >= 0.6 is 11.8 Å². The first kappa shape index (κ1) is 25.2. The Hall–Kier alpha value is -2.45. The van der Waals surface area contributed by atoms with E-state index in [4.69, 9.17) is 4.74 Å². The van der Waals surface area contributed by atoms with E-state index in [1.807, 2.05) is 6.92 Å². The van der Waals surface area contributed by atoms with Crippen LogP contribution in [0.15, 0.2) is 23.4 Å². The van der Waals surface area contributed by atoms with Crippen molar-refractivity contribution in [3.8, 4) is 0 Å². The standard InChI is InChI=1S/C23H28F2N6O4S/c1-2-9-36-22-27-20(26-16-11-13(16)12-3-4-14(24)15(25)10-12)18-21(28-22)31(30-29-18)23(35-8-7-32)6-5-17(33)19(23)34/h3-4,10,13,16-17,19,32-34H,2,5-9,11H2,1H3,(H,26,27,28). The van der Waals surface area contributed by atoms with Crippen molar-refractivity contribution < 1.29 is 28.8 Å². The number of nitrogens with one attached hydrogen (secondary N) is 1. The maximum atomic E-state index is 13.7. The predicted molar refractivity (Wildman–Crippen MR) is 128 cm³/mol. The highest BCUT2D eigenvalue weighted by molar-refractivity contribution is 7.99. The summed E-state index contributed by atoms with van der Waals surface area (Å²) in [6.45, 7) is 1.70. The molecule has 0 saturated heterocycles. The monoisotopic (exact) mass is 522 g/mol. The molecule has 5 unspecified atom stereocenters. The topological polar surface area (TPSA) is 138 Å². The Bertz CT molecular complexity index is 1250. The van der Waals surface area contributed by atoms with E-state index in [2.05, 4.69) is 25.6 Å².